The van der Waals surface area contributed by atoms with Crippen molar-refractivity contribution in [2.45, 2.75) is 6.10 Å². The molecule has 0 aliphatic carbocycles. The molecule has 0 saturated carbocycles. The standard InChI is InChI=1S/C17H22N6O6/c1-18-5-8-21(3)15(24)27-11-14(29-17(26)23-10-7-20-13-23)12-28-16(25)22(4)9-6-19-2/h5-10,13-14H,1-2,11-12H2,3-4H3/b8-5-,9-6-. The summed E-state index contributed by atoms with van der Waals surface area (Å²) in [5.74, 6) is 0. The lowest BCUT2D eigenvalue weighted by Gasteiger charge is -2.20. The molecule has 2 amide bonds. The first kappa shape index (κ1) is 23.1. The Labute approximate surface area is 167 Å². The number of carbonyl (C=O) groups is 3. The Morgan fingerprint density at radius 2 is 1.59 bits per heavy atom. The smallest absolute Gasteiger partial charge is 0.419 e. The van der Waals surface area contributed by atoms with Crippen LogP contribution in [0.2, 0.25) is 0 Å². The molecule has 0 unspecified atom stereocenters. The Morgan fingerprint density at radius 1 is 1.07 bits per heavy atom. The van der Waals surface area contributed by atoms with Crippen LogP contribution in [0.3, 0.4) is 0 Å². The van der Waals surface area contributed by atoms with Gasteiger partial charge in [-0.3, -0.25) is 19.8 Å². The first-order valence-electron chi connectivity index (χ1n) is 8.12. The largest absolute Gasteiger partial charge is 0.445 e. The number of ether oxygens (including phenoxy) is 3. The van der Waals surface area contributed by atoms with Gasteiger partial charge in [0.15, 0.2) is 6.10 Å². The zero-order chi connectivity index (χ0) is 21.6. The zero-order valence-corrected chi connectivity index (χ0v) is 16.1. The molecule has 1 aromatic rings. The van der Waals surface area contributed by atoms with Gasteiger partial charge in [-0.05, 0) is 13.4 Å². The molecule has 12 nitrogen and oxygen atoms in total. The van der Waals surface area contributed by atoms with Crippen molar-refractivity contribution in [1.29, 1.82) is 0 Å². The highest BCUT2D eigenvalue weighted by Crippen LogP contribution is 2.04. The molecule has 0 bridgehead atoms. The van der Waals surface area contributed by atoms with Crippen molar-refractivity contribution in [3.05, 3.63) is 43.5 Å². The molecule has 0 atom stereocenters. The first-order chi connectivity index (χ1) is 13.9. The van der Waals surface area contributed by atoms with E-state index < -0.39 is 24.4 Å². The topological polar surface area (TPSA) is 128 Å². The number of aliphatic imine (C=N–C) groups is 2. The lowest BCUT2D eigenvalue weighted by atomic mass is 10.4. The highest BCUT2D eigenvalue weighted by Gasteiger charge is 2.21. The summed E-state index contributed by atoms with van der Waals surface area (Å²) in [7, 11) is 2.87. The molecule has 1 aromatic heterocycles. The second-order valence-corrected chi connectivity index (χ2v) is 5.31. The Hall–Kier alpha value is -3.96. The summed E-state index contributed by atoms with van der Waals surface area (Å²) in [4.78, 5) is 48.8. The van der Waals surface area contributed by atoms with Crippen LogP contribution in [0.25, 0.3) is 0 Å². The highest BCUT2D eigenvalue weighted by molar-refractivity contribution is 5.71. The fourth-order valence-corrected chi connectivity index (χ4v) is 1.63. The third kappa shape index (κ3) is 8.51. The van der Waals surface area contributed by atoms with Crippen molar-refractivity contribution in [2.24, 2.45) is 9.98 Å². The summed E-state index contributed by atoms with van der Waals surface area (Å²) in [6, 6.07) is 0. The highest BCUT2D eigenvalue weighted by atomic mass is 16.6. The summed E-state index contributed by atoms with van der Waals surface area (Å²) < 4.78 is 16.4. The number of hydrogen-bond acceptors (Lipinski definition) is 9. The summed E-state index contributed by atoms with van der Waals surface area (Å²) in [6.07, 6.45) is 5.91. The third-order valence-corrected chi connectivity index (χ3v) is 3.14. The van der Waals surface area contributed by atoms with Crippen LogP contribution in [-0.2, 0) is 14.2 Å². The second kappa shape index (κ2) is 12.4. The number of imidazole rings is 1. The summed E-state index contributed by atoms with van der Waals surface area (Å²) in [5, 5.41) is 0. The third-order valence-electron chi connectivity index (χ3n) is 3.14. The minimum Gasteiger partial charge on any atom is -0.445 e. The molecule has 156 valence electrons. The number of hydrogen-bond donors (Lipinski definition) is 0. The first-order valence-corrected chi connectivity index (χ1v) is 8.12. The van der Waals surface area contributed by atoms with Crippen molar-refractivity contribution < 1.29 is 28.6 Å². The van der Waals surface area contributed by atoms with Crippen LogP contribution < -0.4 is 0 Å². The zero-order valence-electron chi connectivity index (χ0n) is 16.1. The van der Waals surface area contributed by atoms with Crippen LogP contribution in [-0.4, -0.2) is 84.5 Å². The van der Waals surface area contributed by atoms with Gasteiger partial charge in [0.05, 0.1) is 0 Å². The maximum Gasteiger partial charge on any atom is 0.419 e. The molecule has 0 radical (unpaired) electrons. The van der Waals surface area contributed by atoms with Crippen LogP contribution in [0, 0.1) is 0 Å². The molecular weight excluding hydrogens is 384 g/mol. The van der Waals surface area contributed by atoms with E-state index in [0.29, 0.717) is 0 Å². The van der Waals surface area contributed by atoms with Crippen LogP contribution >= 0.6 is 0 Å². The van der Waals surface area contributed by atoms with E-state index in [2.05, 4.69) is 28.4 Å². The normalized spacial score (nSPS) is 10.7. The number of amides is 2. The Balaban J connectivity index is 2.71. The van der Waals surface area contributed by atoms with Gasteiger partial charge in [0.2, 0.25) is 0 Å². The number of rotatable bonds is 9. The van der Waals surface area contributed by atoms with Gasteiger partial charge in [-0.1, -0.05) is 0 Å². The van der Waals surface area contributed by atoms with Crippen LogP contribution in [0.4, 0.5) is 14.4 Å². The minimum absolute atomic E-state index is 0.361. The van der Waals surface area contributed by atoms with Crippen molar-refractivity contribution >= 4 is 31.7 Å². The summed E-state index contributed by atoms with van der Waals surface area (Å²) in [6.45, 7) is 5.78. The van der Waals surface area contributed by atoms with Crippen LogP contribution in [0.15, 0.2) is 53.5 Å². The van der Waals surface area contributed by atoms with Gasteiger partial charge >= 0.3 is 18.3 Å². The molecule has 0 fully saturated rings. The average Bonchev–Trinajstić information content (AvgIpc) is 3.26. The van der Waals surface area contributed by atoms with E-state index >= 15 is 0 Å². The van der Waals surface area contributed by atoms with Gasteiger partial charge < -0.3 is 14.2 Å². The lowest BCUT2D eigenvalue weighted by molar-refractivity contribution is 0.000340. The van der Waals surface area contributed by atoms with Crippen molar-refractivity contribution in [1.82, 2.24) is 19.4 Å². The molecule has 0 saturated heterocycles. The van der Waals surface area contributed by atoms with Crippen LogP contribution in [0.5, 0.6) is 0 Å². The number of aromatic nitrogens is 2. The van der Waals surface area contributed by atoms with Crippen molar-refractivity contribution in [3.8, 4) is 0 Å². The van der Waals surface area contributed by atoms with E-state index in [0.717, 1.165) is 14.4 Å². The number of nitrogens with zero attached hydrogens (tertiary/aromatic N) is 6. The quantitative estimate of drug-likeness (QED) is 0.451. The summed E-state index contributed by atoms with van der Waals surface area (Å²) >= 11 is 0. The molecule has 0 aliphatic rings. The van der Waals surface area contributed by atoms with Crippen LogP contribution in [0.1, 0.15) is 0 Å². The van der Waals surface area contributed by atoms with E-state index in [1.54, 1.807) is 0 Å². The van der Waals surface area contributed by atoms with Gasteiger partial charge in [-0.15, -0.1) is 0 Å². The predicted molar refractivity (Wildman–Crippen MR) is 103 cm³/mol. The Bertz CT molecular complexity index is 720. The maximum atomic E-state index is 12.1. The van der Waals surface area contributed by atoms with Crippen molar-refractivity contribution in [3.63, 3.8) is 0 Å². The molecule has 0 spiro atoms. The molecule has 12 heteroatoms. The lowest BCUT2D eigenvalue weighted by Crippen LogP contribution is -2.35. The summed E-state index contributed by atoms with van der Waals surface area (Å²) in [5.41, 5.74) is 0. The Morgan fingerprint density at radius 3 is 2.00 bits per heavy atom. The van der Waals surface area contributed by atoms with E-state index in [9.17, 15) is 14.4 Å². The van der Waals surface area contributed by atoms with Gasteiger partial charge in [0, 0.05) is 51.3 Å². The van der Waals surface area contributed by atoms with Gasteiger partial charge in [0.25, 0.3) is 0 Å². The maximum absolute atomic E-state index is 12.1. The van der Waals surface area contributed by atoms with E-state index in [4.69, 9.17) is 14.2 Å². The van der Waals surface area contributed by atoms with E-state index in [1.165, 1.54) is 57.6 Å². The average molecular weight is 406 g/mol. The Kier molecular flexibility index (Phi) is 9.89. The molecule has 0 aromatic carbocycles. The van der Waals surface area contributed by atoms with E-state index in [-0.39, 0.29) is 13.2 Å². The fourth-order valence-electron chi connectivity index (χ4n) is 1.63. The minimum atomic E-state index is -1.07. The second-order valence-electron chi connectivity index (χ2n) is 5.31. The molecule has 29 heavy (non-hydrogen) atoms. The fraction of sp³-hybridized carbons (Fsp3) is 0.294. The molecular formula is C17H22N6O6. The predicted octanol–water partition coefficient (Wildman–Crippen LogP) is 1.72. The number of carbonyl (C=O) groups excluding carboxylic acids is 3. The van der Waals surface area contributed by atoms with E-state index in [1.807, 2.05) is 0 Å². The van der Waals surface area contributed by atoms with Gasteiger partial charge in [-0.2, -0.15) is 0 Å². The molecule has 0 aliphatic heterocycles. The van der Waals surface area contributed by atoms with Gasteiger partial charge in [-0.25, -0.2) is 23.9 Å². The molecule has 0 N–H and O–H groups in total. The molecule has 1 heterocycles. The SMILES string of the molecule is C=N/C=C\N(C)C(=O)OCC(COC(=O)N(C)/C=C\N=C)OC(=O)n1ccnc1. The van der Waals surface area contributed by atoms with Gasteiger partial charge in [0.1, 0.15) is 19.5 Å². The van der Waals surface area contributed by atoms with Crippen molar-refractivity contribution in [2.75, 3.05) is 27.3 Å². The monoisotopic (exact) mass is 406 g/mol. The molecule has 1 rings (SSSR count).